The van der Waals surface area contributed by atoms with E-state index in [1.807, 2.05) is 0 Å². The molecule has 0 spiro atoms. The molecule has 0 radical (unpaired) electrons. The fourth-order valence-corrected chi connectivity index (χ4v) is 1.33. The molecule has 1 rings (SSSR count). The molecule has 1 aromatic rings. The standard InChI is InChI=1S/C11H10ClNO4/c1-17-9-3-2-7(6-8(9)12)13-10(14)4-5-11(15)16/h2-6H,1H3,(H,13,14)(H,15,16). The molecule has 0 unspecified atom stereocenters. The Morgan fingerprint density at radius 2 is 2.12 bits per heavy atom. The fourth-order valence-electron chi connectivity index (χ4n) is 1.08. The molecule has 0 saturated heterocycles. The number of hydrogen-bond donors (Lipinski definition) is 2. The number of carbonyl (C=O) groups excluding carboxylic acids is 1. The van der Waals surface area contributed by atoms with Crippen molar-refractivity contribution in [3.8, 4) is 5.75 Å². The maximum absolute atomic E-state index is 11.2. The van der Waals surface area contributed by atoms with Crippen LogP contribution >= 0.6 is 11.6 Å². The molecule has 0 fully saturated rings. The van der Waals surface area contributed by atoms with Gasteiger partial charge in [-0.2, -0.15) is 0 Å². The lowest BCUT2D eigenvalue weighted by Crippen LogP contribution is -2.08. The van der Waals surface area contributed by atoms with E-state index in [1.165, 1.54) is 13.2 Å². The summed E-state index contributed by atoms with van der Waals surface area (Å²) < 4.78 is 4.95. The third kappa shape index (κ3) is 4.16. The van der Waals surface area contributed by atoms with Crippen LogP contribution in [-0.2, 0) is 9.59 Å². The van der Waals surface area contributed by atoms with E-state index in [1.54, 1.807) is 12.1 Å². The number of nitrogens with one attached hydrogen (secondary N) is 1. The molecule has 90 valence electrons. The van der Waals surface area contributed by atoms with Gasteiger partial charge in [0, 0.05) is 17.8 Å². The number of rotatable bonds is 4. The zero-order valence-electron chi connectivity index (χ0n) is 8.94. The van der Waals surface area contributed by atoms with Crippen LogP contribution in [0.2, 0.25) is 5.02 Å². The molecular formula is C11H10ClNO4. The summed E-state index contributed by atoms with van der Waals surface area (Å²) in [7, 11) is 1.48. The Labute approximate surface area is 103 Å². The van der Waals surface area contributed by atoms with E-state index in [-0.39, 0.29) is 0 Å². The largest absolute Gasteiger partial charge is 0.495 e. The number of carboxylic acid groups (broad SMARTS) is 1. The van der Waals surface area contributed by atoms with Gasteiger partial charge >= 0.3 is 5.97 Å². The lowest BCUT2D eigenvalue weighted by atomic mass is 10.3. The molecule has 0 aromatic heterocycles. The molecule has 1 amide bonds. The van der Waals surface area contributed by atoms with Gasteiger partial charge in [-0.3, -0.25) is 4.79 Å². The molecule has 6 heteroatoms. The Morgan fingerprint density at radius 3 is 2.65 bits per heavy atom. The van der Waals surface area contributed by atoms with Gasteiger partial charge in [-0.25, -0.2) is 4.79 Å². The summed E-state index contributed by atoms with van der Waals surface area (Å²) in [6.07, 6.45) is 1.67. The zero-order valence-corrected chi connectivity index (χ0v) is 9.69. The van der Waals surface area contributed by atoms with Crippen molar-refractivity contribution in [2.24, 2.45) is 0 Å². The Hall–Kier alpha value is -2.01. The average molecular weight is 256 g/mol. The quantitative estimate of drug-likeness (QED) is 0.806. The van der Waals surface area contributed by atoms with Gasteiger partial charge in [-0.1, -0.05) is 11.6 Å². The van der Waals surface area contributed by atoms with E-state index in [4.69, 9.17) is 21.4 Å². The van der Waals surface area contributed by atoms with E-state index in [0.717, 1.165) is 12.2 Å². The maximum atomic E-state index is 11.2. The Balaban J connectivity index is 2.72. The minimum absolute atomic E-state index is 0.354. The third-order valence-electron chi connectivity index (χ3n) is 1.80. The smallest absolute Gasteiger partial charge is 0.328 e. The SMILES string of the molecule is COc1ccc(NC(=O)C=CC(=O)O)cc1Cl. The molecule has 2 N–H and O–H groups in total. The van der Waals surface area contributed by atoms with Gasteiger partial charge in [0.05, 0.1) is 12.1 Å². The number of aliphatic carboxylic acids is 1. The Kier molecular flexibility index (Phi) is 4.54. The number of carboxylic acids is 1. The van der Waals surface area contributed by atoms with Crippen LogP contribution in [0.15, 0.2) is 30.4 Å². The molecule has 0 heterocycles. The molecule has 0 aliphatic heterocycles. The Bertz CT molecular complexity index is 471. The van der Waals surface area contributed by atoms with Gasteiger partial charge < -0.3 is 15.2 Å². The highest BCUT2D eigenvalue weighted by atomic mass is 35.5. The van der Waals surface area contributed by atoms with E-state index in [9.17, 15) is 9.59 Å². The van der Waals surface area contributed by atoms with Gasteiger partial charge in [0.2, 0.25) is 5.91 Å². The van der Waals surface area contributed by atoms with Crippen molar-refractivity contribution in [1.29, 1.82) is 0 Å². The third-order valence-corrected chi connectivity index (χ3v) is 2.09. The molecular weight excluding hydrogens is 246 g/mol. The van der Waals surface area contributed by atoms with Crippen molar-refractivity contribution < 1.29 is 19.4 Å². The van der Waals surface area contributed by atoms with E-state index < -0.39 is 11.9 Å². The van der Waals surface area contributed by atoms with Crippen LogP contribution in [-0.4, -0.2) is 24.1 Å². The first-order chi connectivity index (χ1) is 8.02. The molecule has 0 aliphatic carbocycles. The molecule has 1 aromatic carbocycles. The second-order valence-electron chi connectivity index (χ2n) is 3.01. The summed E-state index contributed by atoms with van der Waals surface area (Å²) in [6.45, 7) is 0. The van der Waals surface area contributed by atoms with Gasteiger partial charge in [-0.15, -0.1) is 0 Å². The summed E-state index contributed by atoms with van der Waals surface area (Å²) in [4.78, 5) is 21.4. The first-order valence-corrected chi connectivity index (χ1v) is 4.96. The summed E-state index contributed by atoms with van der Waals surface area (Å²) in [5.74, 6) is -1.24. The number of ether oxygens (including phenoxy) is 1. The first kappa shape index (κ1) is 13.1. The van der Waals surface area contributed by atoms with Crippen molar-refractivity contribution >= 4 is 29.2 Å². The van der Waals surface area contributed by atoms with Crippen molar-refractivity contribution in [1.82, 2.24) is 0 Å². The monoisotopic (exact) mass is 255 g/mol. The molecule has 0 aliphatic rings. The summed E-state index contributed by atoms with van der Waals surface area (Å²) in [5.41, 5.74) is 0.454. The lowest BCUT2D eigenvalue weighted by Gasteiger charge is -2.06. The van der Waals surface area contributed by atoms with Crippen molar-refractivity contribution in [2.75, 3.05) is 12.4 Å². The van der Waals surface area contributed by atoms with E-state index in [2.05, 4.69) is 5.32 Å². The second-order valence-corrected chi connectivity index (χ2v) is 3.42. The number of anilines is 1. The van der Waals surface area contributed by atoms with Crippen LogP contribution in [0.1, 0.15) is 0 Å². The molecule has 17 heavy (non-hydrogen) atoms. The predicted molar refractivity (Wildman–Crippen MR) is 63.4 cm³/mol. The zero-order chi connectivity index (χ0) is 12.8. The van der Waals surface area contributed by atoms with Gasteiger partial charge in [0.1, 0.15) is 5.75 Å². The maximum Gasteiger partial charge on any atom is 0.328 e. The first-order valence-electron chi connectivity index (χ1n) is 4.58. The molecule has 0 saturated carbocycles. The van der Waals surface area contributed by atoms with Crippen LogP contribution < -0.4 is 10.1 Å². The normalized spacial score (nSPS) is 10.2. The molecule has 5 nitrogen and oxygen atoms in total. The van der Waals surface area contributed by atoms with Crippen LogP contribution in [0.25, 0.3) is 0 Å². The van der Waals surface area contributed by atoms with Crippen molar-refractivity contribution in [2.45, 2.75) is 0 Å². The van der Waals surface area contributed by atoms with Crippen LogP contribution in [0.3, 0.4) is 0 Å². The second kappa shape index (κ2) is 5.91. The number of amides is 1. The van der Waals surface area contributed by atoms with Gasteiger partial charge in [0.25, 0.3) is 0 Å². The highest BCUT2D eigenvalue weighted by Gasteiger charge is 2.03. The summed E-state index contributed by atoms with van der Waals surface area (Å²) >= 11 is 5.85. The highest BCUT2D eigenvalue weighted by molar-refractivity contribution is 6.32. The van der Waals surface area contributed by atoms with Crippen LogP contribution in [0.5, 0.6) is 5.75 Å². The van der Waals surface area contributed by atoms with Crippen molar-refractivity contribution in [3.63, 3.8) is 0 Å². The van der Waals surface area contributed by atoms with Gasteiger partial charge in [-0.05, 0) is 18.2 Å². The number of methoxy groups -OCH3 is 1. The topological polar surface area (TPSA) is 75.6 Å². The molecule has 0 bridgehead atoms. The van der Waals surface area contributed by atoms with E-state index in [0.29, 0.717) is 16.5 Å². The lowest BCUT2D eigenvalue weighted by molar-refractivity contribution is -0.131. The molecule has 0 atom stereocenters. The Morgan fingerprint density at radius 1 is 1.41 bits per heavy atom. The fraction of sp³-hybridized carbons (Fsp3) is 0.0909. The van der Waals surface area contributed by atoms with Crippen molar-refractivity contribution in [3.05, 3.63) is 35.4 Å². The minimum Gasteiger partial charge on any atom is -0.495 e. The predicted octanol–water partition coefficient (Wildman–Crippen LogP) is 1.93. The average Bonchev–Trinajstić information content (AvgIpc) is 2.26. The summed E-state index contributed by atoms with van der Waals surface area (Å²) in [6, 6.07) is 4.70. The summed E-state index contributed by atoms with van der Waals surface area (Å²) in [5, 5.41) is 11.2. The van der Waals surface area contributed by atoms with Gasteiger partial charge in [0.15, 0.2) is 0 Å². The minimum atomic E-state index is -1.19. The number of benzene rings is 1. The highest BCUT2D eigenvalue weighted by Crippen LogP contribution is 2.27. The number of hydrogen-bond acceptors (Lipinski definition) is 3. The van der Waals surface area contributed by atoms with Crippen LogP contribution in [0.4, 0.5) is 5.69 Å². The number of halogens is 1. The van der Waals surface area contributed by atoms with Crippen LogP contribution in [0, 0.1) is 0 Å². The number of carbonyl (C=O) groups is 2. The van der Waals surface area contributed by atoms with E-state index >= 15 is 0 Å².